The highest BCUT2D eigenvalue weighted by molar-refractivity contribution is 5.86. The van der Waals surface area contributed by atoms with Gasteiger partial charge in [-0.1, -0.05) is 19.1 Å². The van der Waals surface area contributed by atoms with Gasteiger partial charge in [0.25, 0.3) is 0 Å². The van der Waals surface area contributed by atoms with Gasteiger partial charge in [0, 0.05) is 17.8 Å². The maximum absolute atomic E-state index is 12.4. The van der Waals surface area contributed by atoms with Gasteiger partial charge in [-0.3, -0.25) is 4.79 Å². The van der Waals surface area contributed by atoms with Gasteiger partial charge in [0.05, 0.1) is 20.3 Å². The van der Waals surface area contributed by atoms with E-state index in [1.54, 1.807) is 20.3 Å². The van der Waals surface area contributed by atoms with E-state index in [0.29, 0.717) is 17.9 Å². The number of rotatable bonds is 5. The van der Waals surface area contributed by atoms with Crippen LogP contribution in [0.25, 0.3) is 0 Å². The van der Waals surface area contributed by atoms with Gasteiger partial charge in [0.1, 0.15) is 6.10 Å². The Balaban J connectivity index is 2.10. The molecule has 0 saturated heterocycles. The molecule has 2 saturated carbocycles. The van der Waals surface area contributed by atoms with Crippen LogP contribution < -0.4 is 9.47 Å². The van der Waals surface area contributed by atoms with Crippen molar-refractivity contribution < 1.29 is 24.5 Å². The molecule has 2 N–H and O–H groups in total. The van der Waals surface area contributed by atoms with Crippen molar-refractivity contribution in [1.29, 1.82) is 0 Å². The third-order valence-corrected chi connectivity index (χ3v) is 6.33. The van der Waals surface area contributed by atoms with Crippen LogP contribution in [-0.2, 0) is 4.79 Å². The molecule has 25 heavy (non-hydrogen) atoms. The summed E-state index contributed by atoms with van der Waals surface area (Å²) in [5.41, 5.74) is 0.370. The number of hydrogen-bond donors (Lipinski definition) is 2. The van der Waals surface area contributed by atoms with Crippen molar-refractivity contribution in [3.8, 4) is 11.5 Å². The molecule has 3 rings (SSSR count). The first-order valence-electron chi connectivity index (χ1n) is 8.63. The average Bonchev–Trinajstić information content (AvgIpc) is 2.77. The summed E-state index contributed by atoms with van der Waals surface area (Å²) in [5, 5.41) is 21.5. The molecule has 2 fully saturated rings. The Bertz CT molecular complexity index is 685. The Morgan fingerprint density at radius 2 is 1.96 bits per heavy atom. The molecular weight excluding hydrogens is 320 g/mol. The van der Waals surface area contributed by atoms with Gasteiger partial charge < -0.3 is 19.7 Å². The van der Waals surface area contributed by atoms with Crippen molar-refractivity contribution >= 4 is 5.78 Å². The highest BCUT2D eigenvalue weighted by Gasteiger charge is 2.64. The quantitative estimate of drug-likeness (QED) is 0.800. The monoisotopic (exact) mass is 346 g/mol. The zero-order chi connectivity index (χ0) is 18.4. The number of carbonyl (C=O) groups excluding carboxylic acids is 1. The predicted molar refractivity (Wildman–Crippen MR) is 93.8 cm³/mol. The van der Waals surface area contributed by atoms with E-state index >= 15 is 0 Å². The fraction of sp³-hybridized carbons (Fsp3) is 0.550. The van der Waals surface area contributed by atoms with E-state index in [4.69, 9.17) is 9.47 Å². The minimum absolute atomic E-state index is 0.0182. The fourth-order valence-corrected chi connectivity index (χ4v) is 5.04. The zero-order valence-corrected chi connectivity index (χ0v) is 14.9. The van der Waals surface area contributed by atoms with Crippen molar-refractivity contribution in [3.05, 3.63) is 36.4 Å². The third kappa shape index (κ3) is 2.49. The Morgan fingerprint density at radius 3 is 2.56 bits per heavy atom. The number of benzene rings is 1. The van der Waals surface area contributed by atoms with Gasteiger partial charge in [-0.25, -0.2) is 0 Å². The SMILES string of the molecule is C=CC[C@]12CC(=O)[C@@H](O)[C@H]([C@@H](c3ccc(OC)c(OC)c3)[C@@H]1C)[C@@H]2O. The van der Waals surface area contributed by atoms with Crippen molar-refractivity contribution in [2.75, 3.05) is 14.2 Å². The van der Waals surface area contributed by atoms with Crippen molar-refractivity contribution in [3.63, 3.8) is 0 Å². The lowest BCUT2D eigenvalue weighted by Gasteiger charge is -2.40. The second kappa shape index (κ2) is 6.46. The summed E-state index contributed by atoms with van der Waals surface area (Å²) in [6, 6.07) is 5.63. The van der Waals surface area contributed by atoms with Crippen molar-refractivity contribution in [1.82, 2.24) is 0 Å². The summed E-state index contributed by atoms with van der Waals surface area (Å²) in [6.07, 6.45) is 0.609. The number of ether oxygens (including phenoxy) is 2. The standard InChI is InChI=1S/C20H26O5/c1-5-8-20-10-13(21)18(22)17(19(20)23)16(11(20)2)12-6-7-14(24-3)15(9-12)25-4/h5-7,9,11,16-19,22-23H,1,8,10H2,2-4H3/t11-,16+,17-,18+,19-,20-/m0/s1. The molecule has 2 aliphatic carbocycles. The molecule has 5 heteroatoms. The smallest absolute Gasteiger partial charge is 0.162 e. The molecule has 5 nitrogen and oxygen atoms in total. The first-order valence-corrected chi connectivity index (χ1v) is 8.63. The number of Topliss-reactive ketones (excluding diaryl/α,β-unsaturated/α-hetero) is 1. The van der Waals surface area contributed by atoms with Gasteiger partial charge in [-0.05, 0) is 36.0 Å². The minimum atomic E-state index is -1.14. The summed E-state index contributed by atoms with van der Waals surface area (Å²) in [5.74, 6) is 0.391. The van der Waals surface area contributed by atoms with Crippen LogP contribution in [-0.4, -0.2) is 42.4 Å². The van der Waals surface area contributed by atoms with Crippen LogP contribution in [0.2, 0.25) is 0 Å². The summed E-state index contributed by atoms with van der Waals surface area (Å²) < 4.78 is 10.7. The molecule has 0 radical (unpaired) electrons. The summed E-state index contributed by atoms with van der Waals surface area (Å²) in [6.45, 7) is 5.86. The number of fused-ring (bicyclic) bond motifs is 2. The van der Waals surface area contributed by atoms with E-state index in [0.717, 1.165) is 5.56 Å². The van der Waals surface area contributed by atoms with E-state index in [2.05, 4.69) is 13.5 Å². The first kappa shape index (κ1) is 18.0. The normalized spacial score (nSPS) is 37.0. The van der Waals surface area contributed by atoms with Crippen molar-refractivity contribution in [2.24, 2.45) is 17.3 Å². The Morgan fingerprint density at radius 1 is 1.28 bits per heavy atom. The number of ketones is 1. The topological polar surface area (TPSA) is 76.0 Å². The molecular formula is C20H26O5. The Labute approximate surface area is 148 Å². The Hall–Kier alpha value is -1.85. The van der Waals surface area contributed by atoms with Gasteiger partial charge in [0.2, 0.25) is 0 Å². The maximum Gasteiger partial charge on any atom is 0.162 e. The van der Waals surface area contributed by atoms with Gasteiger partial charge in [-0.15, -0.1) is 6.58 Å². The molecule has 6 atom stereocenters. The molecule has 0 heterocycles. The third-order valence-electron chi connectivity index (χ3n) is 6.33. The second-order valence-electron chi connectivity index (χ2n) is 7.26. The first-order chi connectivity index (χ1) is 11.9. The molecule has 0 amide bonds. The molecule has 0 spiro atoms. The minimum Gasteiger partial charge on any atom is -0.493 e. The number of allylic oxidation sites excluding steroid dienone is 1. The van der Waals surface area contributed by atoms with Crippen molar-refractivity contribution in [2.45, 2.75) is 37.9 Å². The predicted octanol–water partition coefficient (Wildman–Crippen LogP) is 2.31. The maximum atomic E-state index is 12.4. The molecule has 0 aliphatic heterocycles. The molecule has 1 aromatic carbocycles. The van der Waals surface area contributed by atoms with Crippen LogP contribution in [0.1, 0.15) is 31.2 Å². The molecule has 1 aromatic rings. The molecule has 2 bridgehead atoms. The molecule has 0 unspecified atom stereocenters. The van der Waals surface area contributed by atoms with Crippen LogP contribution in [0, 0.1) is 17.3 Å². The van der Waals surface area contributed by atoms with Crippen LogP contribution in [0.3, 0.4) is 0 Å². The molecule has 136 valence electrons. The highest BCUT2D eigenvalue weighted by atomic mass is 16.5. The number of hydrogen-bond acceptors (Lipinski definition) is 5. The van der Waals surface area contributed by atoms with E-state index in [9.17, 15) is 15.0 Å². The van der Waals surface area contributed by atoms with Crippen LogP contribution in [0.4, 0.5) is 0 Å². The summed E-state index contributed by atoms with van der Waals surface area (Å²) in [7, 11) is 3.15. The lowest BCUT2D eigenvalue weighted by molar-refractivity contribution is -0.146. The van der Waals surface area contributed by atoms with E-state index in [1.807, 2.05) is 18.2 Å². The second-order valence-corrected chi connectivity index (χ2v) is 7.26. The number of methoxy groups -OCH3 is 2. The largest absolute Gasteiger partial charge is 0.493 e. The molecule has 0 aromatic heterocycles. The Kier molecular flexibility index (Phi) is 4.64. The fourth-order valence-electron chi connectivity index (χ4n) is 5.04. The molecule has 2 aliphatic rings. The number of carbonyl (C=O) groups is 1. The van der Waals surface area contributed by atoms with Gasteiger partial charge >= 0.3 is 0 Å². The number of aliphatic hydroxyl groups is 2. The lowest BCUT2D eigenvalue weighted by Crippen LogP contribution is -2.49. The summed E-state index contributed by atoms with van der Waals surface area (Å²) in [4.78, 5) is 12.4. The summed E-state index contributed by atoms with van der Waals surface area (Å²) >= 11 is 0. The van der Waals surface area contributed by atoms with Crippen LogP contribution in [0.5, 0.6) is 11.5 Å². The van der Waals surface area contributed by atoms with E-state index in [-0.39, 0.29) is 24.0 Å². The van der Waals surface area contributed by atoms with E-state index < -0.39 is 23.5 Å². The van der Waals surface area contributed by atoms with Crippen LogP contribution >= 0.6 is 0 Å². The highest BCUT2D eigenvalue weighted by Crippen LogP contribution is 2.62. The lowest BCUT2D eigenvalue weighted by atomic mass is 9.66. The van der Waals surface area contributed by atoms with Gasteiger partial charge in [-0.2, -0.15) is 0 Å². The number of aliphatic hydroxyl groups excluding tert-OH is 2. The zero-order valence-electron chi connectivity index (χ0n) is 14.9. The van der Waals surface area contributed by atoms with Gasteiger partial charge in [0.15, 0.2) is 17.3 Å². The van der Waals surface area contributed by atoms with Crippen LogP contribution in [0.15, 0.2) is 30.9 Å². The van der Waals surface area contributed by atoms with E-state index in [1.165, 1.54) is 0 Å². The average molecular weight is 346 g/mol.